The fourth-order valence-electron chi connectivity index (χ4n) is 2.53. The van der Waals surface area contributed by atoms with Gasteiger partial charge in [0.25, 0.3) is 0 Å². The average Bonchev–Trinajstić information content (AvgIpc) is 2.82. The van der Waals surface area contributed by atoms with E-state index >= 15 is 0 Å². The fourth-order valence-corrected chi connectivity index (χ4v) is 2.53. The Morgan fingerprint density at radius 3 is 2.50 bits per heavy atom. The predicted molar refractivity (Wildman–Crippen MR) is 71.3 cm³/mol. The van der Waals surface area contributed by atoms with Crippen molar-refractivity contribution in [3.63, 3.8) is 0 Å². The normalized spacial score (nSPS) is 11.6. The number of aromatic nitrogens is 4. The maximum atomic E-state index is 4.49. The number of aryl methyl sites for hydroxylation is 1. The predicted octanol–water partition coefficient (Wildman–Crippen LogP) is 2.67. The van der Waals surface area contributed by atoms with Gasteiger partial charge in [-0.15, -0.1) is 0 Å². The van der Waals surface area contributed by atoms with Gasteiger partial charge in [0.15, 0.2) is 0 Å². The number of rotatable bonds is 0. The van der Waals surface area contributed by atoms with E-state index in [0.717, 1.165) is 32.8 Å². The molecule has 4 aromatic rings. The first-order valence-electron chi connectivity index (χ1n) is 5.79. The van der Waals surface area contributed by atoms with Crippen LogP contribution in [0, 0.1) is 0 Å². The monoisotopic (exact) mass is 234 g/mol. The van der Waals surface area contributed by atoms with Crippen LogP contribution < -0.4 is 0 Å². The van der Waals surface area contributed by atoms with Crippen molar-refractivity contribution in [3.8, 4) is 0 Å². The van der Waals surface area contributed by atoms with Crippen molar-refractivity contribution in [2.75, 3.05) is 0 Å². The summed E-state index contributed by atoms with van der Waals surface area (Å²) in [6, 6.07) is 6.07. The summed E-state index contributed by atoms with van der Waals surface area (Å²) in [4.78, 5) is 13.4. The first-order valence-corrected chi connectivity index (χ1v) is 5.79. The van der Waals surface area contributed by atoms with E-state index in [-0.39, 0.29) is 0 Å². The number of pyridine rings is 1. The molecule has 0 bridgehead atoms. The van der Waals surface area contributed by atoms with Crippen LogP contribution in [-0.4, -0.2) is 19.5 Å². The smallest absolute Gasteiger partial charge is 0.114 e. The van der Waals surface area contributed by atoms with Crippen LogP contribution in [0.2, 0.25) is 0 Å². The van der Waals surface area contributed by atoms with E-state index in [1.54, 1.807) is 12.4 Å². The Morgan fingerprint density at radius 1 is 0.833 bits per heavy atom. The molecule has 1 aromatic carbocycles. The Kier molecular flexibility index (Phi) is 1.73. The standard InChI is InChI=1S/C14H10N4/c1-18-8-4-10-11-9(3-2-5-15-11)12-13(14(10)18)17-7-6-16-12/h2-8H,1H3. The Hall–Kier alpha value is -2.49. The van der Waals surface area contributed by atoms with Crippen LogP contribution in [0.1, 0.15) is 0 Å². The molecule has 0 N–H and O–H groups in total. The molecule has 0 aliphatic rings. The van der Waals surface area contributed by atoms with Gasteiger partial charge in [-0.2, -0.15) is 0 Å². The molecule has 0 spiro atoms. The van der Waals surface area contributed by atoms with Crippen LogP contribution in [-0.2, 0) is 7.05 Å². The molecular formula is C14H10N4. The highest BCUT2D eigenvalue weighted by molar-refractivity contribution is 6.20. The lowest BCUT2D eigenvalue weighted by Gasteiger charge is -2.05. The molecule has 3 aromatic heterocycles. The minimum atomic E-state index is 0.912. The van der Waals surface area contributed by atoms with E-state index in [0.29, 0.717) is 0 Å². The molecule has 86 valence electrons. The summed E-state index contributed by atoms with van der Waals surface area (Å²) in [5.74, 6) is 0. The van der Waals surface area contributed by atoms with E-state index in [1.165, 1.54) is 0 Å². The van der Waals surface area contributed by atoms with Gasteiger partial charge in [0, 0.05) is 42.6 Å². The lowest BCUT2D eigenvalue weighted by atomic mass is 10.1. The van der Waals surface area contributed by atoms with Crippen molar-refractivity contribution in [1.82, 2.24) is 19.5 Å². The van der Waals surface area contributed by atoms with Crippen molar-refractivity contribution >= 4 is 32.8 Å². The average molecular weight is 234 g/mol. The molecule has 0 atom stereocenters. The van der Waals surface area contributed by atoms with E-state index in [2.05, 4.69) is 25.6 Å². The maximum Gasteiger partial charge on any atom is 0.114 e. The molecule has 4 rings (SSSR count). The highest BCUT2D eigenvalue weighted by Crippen LogP contribution is 2.31. The first kappa shape index (κ1) is 9.53. The number of fused-ring (bicyclic) bond motifs is 6. The van der Waals surface area contributed by atoms with Gasteiger partial charge in [-0.25, -0.2) is 0 Å². The summed E-state index contributed by atoms with van der Waals surface area (Å²) in [5, 5.41) is 2.18. The van der Waals surface area contributed by atoms with Gasteiger partial charge in [-0.05, 0) is 18.2 Å². The molecule has 4 heteroatoms. The summed E-state index contributed by atoms with van der Waals surface area (Å²) in [7, 11) is 2.02. The zero-order chi connectivity index (χ0) is 12.1. The Labute approximate surface area is 103 Å². The molecule has 4 nitrogen and oxygen atoms in total. The van der Waals surface area contributed by atoms with Crippen LogP contribution in [0.5, 0.6) is 0 Å². The highest BCUT2D eigenvalue weighted by Gasteiger charge is 2.12. The van der Waals surface area contributed by atoms with E-state index in [4.69, 9.17) is 0 Å². The van der Waals surface area contributed by atoms with Crippen molar-refractivity contribution in [1.29, 1.82) is 0 Å². The topological polar surface area (TPSA) is 43.6 Å². The van der Waals surface area contributed by atoms with E-state index in [1.807, 2.05) is 31.6 Å². The molecule has 0 fully saturated rings. The molecule has 0 aliphatic carbocycles. The van der Waals surface area contributed by atoms with Crippen LogP contribution >= 0.6 is 0 Å². The van der Waals surface area contributed by atoms with Crippen molar-refractivity contribution in [2.45, 2.75) is 0 Å². The third-order valence-electron chi connectivity index (χ3n) is 3.31. The molecule has 0 radical (unpaired) electrons. The molecule has 0 amide bonds. The van der Waals surface area contributed by atoms with Gasteiger partial charge in [0.2, 0.25) is 0 Å². The summed E-state index contributed by atoms with van der Waals surface area (Å²) >= 11 is 0. The van der Waals surface area contributed by atoms with E-state index < -0.39 is 0 Å². The Morgan fingerprint density at radius 2 is 1.61 bits per heavy atom. The van der Waals surface area contributed by atoms with Gasteiger partial charge in [0.1, 0.15) is 11.0 Å². The summed E-state index contributed by atoms with van der Waals surface area (Å²) in [5.41, 5.74) is 3.92. The van der Waals surface area contributed by atoms with Gasteiger partial charge < -0.3 is 4.57 Å². The molecule has 0 saturated carbocycles. The highest BCUT2D eigenvalue weighted by atomic mass is 14.9. The fraction of sp³-hybridized carbons (Fsp3) is 0.0714. The minimum absolute atomic E-state index is 0.912. The number of hydrogen-bond acceptors (Lipinski definition) is 3. The lowest BCUT2D eigenvalue weighted by molar-refractivity contribution is 0.971. The largest absolute Gasteiger partial charge is 0.349 e. The van der Waals surface area contributed by atoms with Gasteiger partial charge in [-0.3, -0.25) is 15.0 Å². The Balaban J connectivity index is 2.48. The molecule has 0 saturated heterocycles. The van der Waals surface area contributed by atoms with Gasteiger partial charge in [-0.1, -0.05) is 0 Å². The van der Waals surface area contributed by atoms with Crippen molar-refractivity contribution < 1.29 is 0 Å². The first-order chi connectivity index (χ1) is 8.86. The summed E-state index contributed by atoms with van der Waals surface area (Å²) in [6.45, 7) is 0. The maximum absolute atomic E-state index is 4.49. The lowest BCUT2D eigenvalue weighted by Crippen LogP contribution is -1.92. The van der Waals surface area contributed by atoms with Gasteiger partial charge >= 0.3 is 0 Å². The zero-order valence-corrected chi connectivity index (χ0v) is 9.83. The SMILES string of the molecule is Cn1ccc2c3ncccc3c3nccnc3c21. The second kappa shape index (κ2) is 3.26. The van der Waals surface area contributed by atoms with Crippen LogP contribution in [0.15, 0.2) is 43.0 Å². The molecule has 18 heavy (non-hydrogen) atoms. The number of benzene rings is 1. The van der Waals surface area contributed by atoms with Crippen LogP contribution in [0.3, 0.4) is 0 Å². The third kappa shape index (κ3) is 1.07. The molecule has 3 heterocycles. The quantitative estimate of drug-likeness (QED) is 0.439. The number of nitrogens with zero attached hydrogens (tertiary/aromatic N) is 4. The molecule has 0 aliphatic heterocycles. The second-order valence-corrected chi connectivity index (χ2v) is 4.34. The van der Waals surface area contributed by atoms with Crippen LogP contribution in [0.25, 0.3) is 32.8 Å². The zero-order valence-electron chi connectivity index (χ0n) is 9.83. The summed E-state index contributed by atoms with van der Waals surface area (Å²) in [6.07, 6.45) is 7.31. The van der Waals surface area contributed by atoms with Crippen molar-refractivity contribution in [2.24, 2.45) is 7.05 Å². The van der Waals surface area contributed by atoms with Crippen LogP contribution in [0.4, 0.5) is 0 Å². The summed E-state index contributed by atoms with van der Waals surface area (Å²) < 4.78 is 2.07. The molecule has 0 unspecified atom stereocenters. The third-order valence-corrected chi connectivity index (χ3v) is 3.31. The minimum Gasteiger partial charge on any atom is -0.349 e. The van der Waals surface area contributed by atoms with E-state index in [9.17, 15) is 0 Å². The second-order valence-electron chi connectivity index (χ2n) is 4.34. The van der Waals surface area contributed by atoms with Crippen molar-refractivity contribution in [3.05, 3.63) is 43.0 Å². The Bertz CT molecular complexity index is 892. The number of hydrogen-bond donors (Lipinski definition) is 0. The molecular weight excluding hydrogens is 224 g/mol. The van der Waals surface area contributed by atoms with Gasteiger partial charge in [0.05, 0.1) is 11.0 Å².